The Morgan fingerprint density at radius 1 is 1.26 bits per heavy atom. The Kier molecular flexibility index (Phi) is 7.95. The Bertz CT molecular complexity index is 1140. The summed E-state index contributed by atoms with van der Waals surface area (Å²) >= 11 is 5.01. The molecule has 2 rings (SSSR count). The molecular formula is C11H16N3O13P3S. The van der Waals surface area contributed by atoms with Gasteiger partial charge in [0, 0.05) is 11.8 Å². The summed E-state index contributed by atoms with van der Waals surface area (Å²) in [4.78, 5) is 52.8. The van der Waals surface area contributed by atoms with Gasteiger partial charge in [0.25, 0.3) is 11.6 Å². The van der Waals surface area contributed by atoms with Crippen LogP contribution >= 0.6 is 35.7 Å². The number of H-pyrrole nitrogens is 1. The third-order valence-corrected chi connectivity index (χ3v) is 7.84. The van der Waals surface area contributed by atoms with E-state index in [-0.39, 0.29) is 10.3 Å². The topological polar surface area (TPSA) is 231 Å². The zero-order valence-electron chi connectivity index (χ0n) is 15.2. The van der Waals surface area contributed by atoms with E-state index in [0.29, 0.717) is 0 Å². The molecule has 1 aromatic heterocycles. The first-order chi connectivity index (χ1) is 14.1. The van der Waals surface area contributed by atoms with Gasteiger partial charge in [0.15, 0.2) is 10.9 Å². The van der Waals surface area contributed by atoms with Crippen LogP contribution in [0.3, 0.4) is 0 Å². The predicted octanol–water partition coefficient (Wildman–Crippen LogP) is 0.104. The molecular weight excluding hydrogens is 507 g/mol. The number of hydrogen-bond donors (Lipinski definition) is 6. The number of ether oxygens (including phenoxy) is 1. The van der Waals surface area contributed by atoms with Crippen LogP contribution in [0.1, 0.15) is 11.8 Å². The highest BCUT2D eigenvalue weighted by atomic mass is 32.1. The fraction of sp³-hybridized carbons (Fsp3) is 0.545. The number of aryl methyl sites for hydroxylation is 1. The summed E-state index contributed by atoms with van der Waals surface area (Å²) < 4.78 is 51.8. The highest BCUT2D eigenvalue weighted by Gasteiger charge is 2.51. The van der Waals surface area contributed by atoms with Crippen molar-refractivity contribution in [2.75, 3.05) is 6.61 Å². The lowest BCUT2D eigenvalue weighted by molar-refractivity contribution is -0.0446. The number of rotatable bonds is 8. The summed E-state index contributed by atoms with van der Waals surface area (Å²) in [5.41, 5.74) is -0.268. The van der Waals surface area contributed by atoms with Gasteiger partial charge in [-0.3, -0.25) is 18.9 Å². The van der Waals surface area contributed by atoms with Crippen molar-refractivity contribution in [3.63, 3.8) is 0 Å². The number of hydrogen-bond acceptors (Lipinski definition) is 10. The second-order valence-electron chi connectivity index (χ2n) is 6.04. The maximum atomic E-state index is 11.8. The summed E-state index contributed by atoms with van der Waals surface area (Å²) in [6.07, 6.45) is -2.99. The summed E-state index contributed by atoms with van der Waals surface area (Å²) in [6, 6.07) is -1.29. The molecule has 1 aliphatic heterocycles. The Morgan fingerprint density at radius 2 is 1.87 bits per heavy atom. The minimum atomic E-state index is -5.71. The summed E-state index contributed by atoms with van der Waals surface area (Å²) in [5, 5.41) is 10.3. The number of aromatic nitrogens is 2. The summed E-state index contributed by atoms with van der Waals surface area (Å²) in [5.74, 6) is 0. The molecule has 0 bridgehead atoms. The smallest absolute Gasteiger partial charge is 0.382 e. The van der Waals surface area contributed by atoms with Gasteiger partial charge in [0.05, 0.1) is 6.61 Å². The Hall–Kier alpha value is -1.08. The van der Waals surface area contributed by atoms with Crippen LogP contribution in [-0.4, -0.2) is 59.1 Å². The van der Waals surface area contributed by atoms with Crippen LogP contribution in [0.15, 0.2) is 11.0 Å². The molecule has 0 amide bonds. The van der Waals surface area contributed by atoms with Crippen LogP contribution in [0.25, 0.3) is 4.85 Å². The maximum Gasteiger partial charge on any atom is 0.490 e. The van der Waals surface area contributed by atoms with Crippen LogP contribution in [0.5, 0.6) is 0 Å². The van der Waals surface area contributed by atoms with Crippen molar-refractivity contribution in [2.24, 2.45) is 0 Å². The molecule has 174 valence electrons. The SMILES string of the molecule is [C-]#[N+][C@@H]1C(O)[C@H](COP(=O)(O)OP(=O)(O)OP(=O)(O)O)O[C@@H]1n1cc(C)c(=O)[nH]c1=S. The zero-order chi connectivity index (χ0) is 23.8. The van der Waals surface area contributed by atoms with E-state index in [2.05, 4.69) is 23.0 Å². The lowest BCUT2D eigenvalue weighted by Crippen LogP contribution is -2.32. The van der Waals surface area contributed by atoms with Crippen LogP contribution in [0.2, 0.25) is 0 Å². The molecule has 31 heavy (non-hydrogen) atoms. The van der Waals surface area contributed by atoms with Crippen LogP contribution in [-0.2, 0) is 31.6 Å². The van der Waals surface area contributed by atoms with Crippen LogP contribution in [0.4, 0.5) is 0 Å². The van der Waals surface area contributed by atoms with Crippen molar-refractivity contribution in [1.82, 2.24) is 9.55 Å². The van der Waals surface area contributed by atoms with Gasteiger partial charge in [-0.05, 0) is 19.1 Å². The largest absolute Gasteiger partial charge is 0.490 e. The normalized spacial score (nSPS) is 27.9. The monoisotopic (exact) mass is 523 g/mol. The zero-order valence-corrected chi connectivity index (χ0v) is 18.7. The minimum absolute atomic E-state index is 0.130. The molecule has 0 aromatic carbocycles. The highest BCUT2D eigenvalue weighted by Crippen LogP contribution is 2.66. The Morgan fingerprint density at radius 3 is 2.42 bits per heavy atom. The van der Waals surface area contributed by atoms with E-state index in [9.17, 15) is 28.5 Å². The van der Waals surface area contributed by atoms with Crippen molar-refractivity contribution >= 4 is 35.7 Å². The van der Waals surface area contributed by atoms with E-state index in [4.69, 9.17) is 38.2 Å². The van der Waals surface area contributed by atoms with Gasteiger partial charge < -0.3 is 34.3 Å². The second kappa shape index (κ2) is 9.42. The van der Waals surface area contributed by atoms with Crippen molar-refractivity contribution in [3.05, 3.63) is 38.3 Å². The molecule has 0 radical (unpaired) electrons. The van der Waals surface area contributed by atoms with E-state index < -0.39 is 60.1 Å². The second-order valence-corrected chi connectivity index (χ2v) is 10.8. The third kappa shape index (κ3) is 6.95. The summed E-state index contributed by atoms with van der Waals surface area (Å²) in [7, 11) is -16.7. The molecule has 16 nitrogen and oxygen atoms in total. The Labute approximate surface area is 178 Å². The number of aliphatic hydroxyl groups excluding tert-OH is 1. The number of nitrogens with one attached hydrogen (secondary N) is 1. The fourth-order valence-corrected chi connectivity index (χ4v) is 5.76. The van der Waals surface area contributed by atoms with Gasteiger partial charge in [-0.1, -0.05) is 0 Å². The fourth-order valence-electron chi connectivity index (χ4n) is 2.48. The van der Waals surface area contributed by atoms with Crippen molar-refractivity contribution in [2.45, 2.75) is 31.4 Å². The lowest BCUT2D eigenvalue weighted by atomic mass is 10.1. The molecule has 0 aliphatic carbocycles. The number of aromatic amines is 1. The van der Waals surface area contributed by atoms with Gasteiger partial charge in [-0.2, -0.15) is 8.62 Å². The van der Waals surface area contributed by atoms with Gasteiger partial charge >= 0.3 is 23.5 Å². The molecule has 0 spiro atoms. The van der Waals surface area contributed by atoms with Gasteiger partial charge in [0.1, 0.15) is 6.10 Å². The molecule has 1 aliphatic rings. The van der Waals surface area contributed by atoms with E-state index in [1.54, 1.807) is 0 Å². The predicted molar refractivity (Wildman–Crippen MR) is 101 cm³/mol. The summed E-state index contributed by atoms with van der Waals surface area (Å²) in [6.45, 7) is 7.76. The number of phosphoric acid groups is 3. The molecule has 0 saturated carbocycles. The molecule has 20 heteroatoms. The van der Waals surface area contributed by atoms with Gasteiger partial charge in [0.2, 0.25) is 6.23 Å². The van der Waals surface area contributed by atoms with Crippen molar-refractivity contribution < 1.29 is 56.3 Å². The van der Waals surface area contributed by atoms with Crippen LogP contribution in [0, 0.1) is 18.3 Å². The van der Waals surface area contributed by atoms with Crippen LogP contribution < -0.4 is 5.56 Å². The van der Waals surface area contributed by atoms with E-state index >= 15 is 0 Å². The molecule has 1 aromatic rings. The molecule has 1 saturated heterocycles. The van der Waals surface area contributed by atoms with E-state index in [1.165, 1.54) is 17.7 Å². The number of phosphoric ester groups is 1. The maximum absolute atomic E-state index is 11.8. The lowest BCUT2D eigenvalue weighted by Gasteiger charge is -2.19. The van der Waals surface area contributed by atoms with Crippen molar-refractivity contribution in [3.8, 4) is 0 Å². The standard InChI is InChI=1S/C11H16N3O13P3S/c1-5-3-14(11(31)13-9(5)16)10-7(12-2)8(15)6(25-10)4-24-29(20,21)27-30(22,23)26-28(17,18)19/h3,6-8,10,15H,4H2,1H3,(H,20,21)(H,22,23)(H,13,16,31)(H2,17,18,19)/t6-,7+,8?,10-/m0/s1. The van der Waals surface area contributed by atoms with E-state index in [0.717, 1.165) is 0 Å². The molecule has 6 atom stereocenters. The molecule has 6 N–H and O–H groups in total. The van der Waals surface area contributed by atoms with Gasteiger partial charge in [-0.25, -0.2) is 20.3 Å². The first-order valence-corrected chi connectivity index (χ1v) is 12.8. The number of nitrogens with zero attached hydrogens (tertiary/aromatic N) is 2. The first-order valence-electron chi connectivity index (χ1n) is 7.86. The van der Waals surface area contributed by atoms with Crippen molar-refractivity contribution in [1.29, 1.82) is 0 Å². The number of aliphatic hydroxyl groups is 1. The molecule has 2 heterocycles. The molecule has 1 fully saturated rings. The first kappa shape index (κ1) is 26.2. The minimum Gasteiger partial charge on any atom is -0.382 e. The van der Waals surface area contributed by atoms with E-state index in [1.807, 2.05) is 0 Å². The quantitative estimate of drug-likeness (QED) is 0.151. The average Bonchev–Trinajstić information content (AvgIpc) is 2.88. The highest BCUT2D eigenvalue weighted by molar-refractivity contribution is 7.71. The van der Waals surface area contributed by atoms with Gasteiger partial charge in [-0.15, -0.1) is 0 Å². The molecule has 3 unspecified atom stereocenters. The Balaban J connectivity index is 2.15. The average molecular weight is 523 g/mol. The third-order valence-electron chi connectivity index (χ3n) is 3.72.